The second-order valence-electron chi connectivity index (χ2n) is 3.90. The van der Waals surface area contributed by atoms with Crippen molar-refractivity contribution in [2.45, 2.75) is 6.42 Å². The number of nitrogens with two attached hydrogens (primary N) is 1. The molecule has 6 heteroatoms. The quantitative estimate of drug-likeness (QED) is 0.893. The molecule has 1 unspecified atom stereocenters. The van der Waals surface area contributed by atoms with Crippen molar-refractivity contribution < 1.29 is 9.59 Å². The van der Waals surface area contributed by atoms with Gasteiger partial charge in [-0.05, 0) is 18.2 Å². The smallest absolute Gasteiger partial charge is 0.227 e. The lowest BCUT2D eigenvalue weighted by molar-refractivity contribution is -0.123. The summed E-state index contributed by atoms with van der Waals surface area (Å²) in [4.78, 5) is 24.3. The zero-order valence-corrected chi connectivity index (χ0v) is 10.3. The molecule has 1 heterocycles. The Labute approximate surface area is 108 Å². The number of rotatable bonds is 2. The summed E-state index contributed by atoms with van der Waals surface area (Å²) in [5.74, 6) is -1.10. The number of benzene rings is 1. The van der Waals surface area contributed by atoms with E-state index in [0.29, 0.717) is 15.7 Å². The highest BCUT2D eigenvalue weighted by molar-refractivity contribution is 6.35. The highest BCUT2D eigenvalue weighted by Gasteiger charge is 2.34. The largest absolute Gasteiger partial charge is 0.369 e. The number of hydrogen-bond acceptors (Lipinski definition) is 2. The van der Waals surface area contributed by atoms with Crippen molar-refractivity contribution in [3.05, 3.63) is 28.2 Å². The fourth-order valence-corrected chi connectivity index (χ4v) is 2.21. The number of halogens is 2. The highest BCUT2D eigenvalue weighted by atomic mass is 35.5. The van der Waals surface area contributed by atoms with Crippen LogP contribution in [0.1, 0.15) is 6.42 Å². The standard InChI is InChI=1S/C11H10Cl2N2O2/c12-7-1-2-8(13)9(4-7)15-5-6(11(14)17)3-10(15)16/h1-2,4,6H,3,5H2,(H2,14,17). The lowest BCUT2D eigenvalue weighted by atomic mass is 10.1. The third-order valence-corrected chi connectivity index (χ3v) is 3.28. The van der Waals surface area contributed by atoms with E-state index in [9.17, 15) is 9.59 Å². The molecule has 1 saturated heterocycles. The molecule has 0 aliphatic carbocycles. The molecule has 1 atom stereocenters. The van der Waals surface area contributed by atoms with E-state index >= 15 is 0 Å². The van der Waals surface area contributed by atoms with Gasteiger partial charge >= 0.3 is 0 Å². The number of hydrogen-bond donors (Lipinski definition) is 1. The van der Waals surface area contributed by atoms with E-state index in [1.54, 1.807) is 18.2 Å². The van der Waals surface area contributed by atoms with Gasteiger partial charge in [-0.25, -0.2) is 0 Å². The highest BCUT2D eigenvalue weighted by Crippen LogP contribution is 2.33. The van der Waals surface area contributed by atoms with Crippen LogP contribution in [-0.2, 0) is 9.59 Å². The summed E-state index contributed by atoms with van der Waals surface area (Å²) in [6, 6.07) is 4.86. The van der Waals surface area contributed by atoms with Crippen molar-refractivity contribution in [3.63, 3.8) is 0 Å². The Balaban J connectivity index is 2.32. The predicted molar refractivity (Wildman–Crippen MR) is 66.1 cm³/mol. The Bertz CT molecular complexity index is 490. The van der Waals surface area contributed by atoms with Crippen LogP contribution in [0.5, 0.6) is 0 Å². The number of amides is 2. The maximum absolute atomic E-state index is 11.8. The average Bonchev–Trinajstić information content (AvgIpc) is 2.64. The fourth-order valence-electron chi connectivity index (χ4n) is 1.82. The fraction of sp³-hybridized carbons (Fsp3) is 0.273. The summed E-state index contributed by atoms with van der Waals surface area (Å²) in [7, 11) is 0. The molecule has 1 aromatic rings. The molecule has 0 spiro atoms. The van der Waals surface area contributed by atoms with Crippen molar-refractivity contribution in [2.24, 2.45) is 11.7 Å². The number of primary amides is 1. The van der Waals surface area contributed by atoms with Crippen molar-refractivity contribution in [1.29, 1.82) is 0 Å². The van der Waals surface area contributed by atoms with E-state index in [-0.39, 0.29) is 18.9 Å². The number of carbonyl (C=O) groups is 2. The number of nitrogens with zero attached hydrogens (tertiary/aromatic N) is 1. The van der Waals surface area contributed by atoms with Crippen molar-refractivity contribution in [3.8, 4) is 0 Å². The van der Waals surface area contributed by atoms with Crippen LogP contribution in [0, 0.1) is 5.92 Å². The maximum atomic E-state index is 11.8. The van der Waals surface area contributed by atoms with Crippen LogP contribution in [0.15, 0.2) is 18.2 Å². The average molecular weight is 273 g/mol. The Morgan fingerprint density at radius 1 is 1.41 bits per heavy atom. The minimum absolute atomic E-state index is 0.123. The predicted octanol–water partition coefficient (Wildman–Crippen LogP) is 1.83. The molecule has 2 amide bonds. The second kappa shape index (κ2) is 4.55. The van der Waals surface area contributed by atoms with E-state index in [2.05, 4.69) is 0 Å². The minimum Gasteiger partial charge on any atom is -0.369 e. The van der Waals surface area contributed by atoms with Crippen molar-refractivity contribution in [2.75, 3.05) is 11.4 Å². The summed E-state index contributed by atoms with van der Waals surface area (Å²) >= 11 is 11.9. The van der Waals surface area contributed by atoms with E-state index in [1.807, 2.05) is 0 Å². The van der Waals surface area contributed by atoms with E-state index in [4.69, 9.17) is 28.9 Å². The Morgan fingerprint density at radius 3 is 2.71 bits per heavy atom. The van der Waals surface area contributed by atoms with Crippen LogP contribution in [0.4, 0.5) is 5.69 Å². The topological polar surface area (TPSA) is 63.4 Å². The first kappa shape index (κ1) is 12.2. The SMILES string of the molecule is NC(=O)C1CC(=O)N(c2cc(Cl)ccc2Cl)C1. The summed E-state index contributed by atoms with van der Waals surface area (Å²) in [6.07, 6.45) is 0.123. The first-order valence-corrected chi connectivity index (χ1v) is 5.79. The van der Waals surface area contributed by atoms with Crippen LogP contribution in [0.25, 0.3) is 0 Å². The summed E-state index contributed by atoms with van der Waals surface area (Å²) < 4.78 is 0. The third-order valence-electron chi connectivity index (χ3n) is 2.73. The van der Waals surface area contributed by atoms with Crippen LogP contribution in [0.3, 0.4) is 0 Å². The normalized spacial score (nSPS) is 19.8. The van der Waals surface area contributed by atoms with Crippen LogP contribution in [0.2, 0.25) is 10.0 Å². The summed E-state index contributed by atoms with van der Waals surface area (Å²) in [5.41, 5.74) is 5.71. The van der Waals surface area contributed by atoms with Crippen molar-refractivity contribution >= 4 is 40.7 Å². The molecule has 1 fully saturated rings. The molecule has 17 heavy (non-hydrogen) atoms. The Morgan fingerprint density at radius 2 is 2.12 bits per heavy atom. The minimum atomic E-state index is -0.473. The Kier molecular flexibility index (Phi) is 3.26. The number of anilines is 1. The molecule has 1 aromatic carbocycles. The van der Waals surface area contributed by atoms with Gasteiger partial charge < -0.3 is 10.6 Å². The monoisotopic (exact) mass is 272 g/mol. The molecular formula is C11H10Cl2N2O2. The van der Waals surface area contributed by atoms with Gasteiger partial charge in [-0.1, -0.05) is 23.2 Å². The van der Waals surface area contributed by atoms with Gasteiger partial charge in [0.05, 0.1) is 16.6 Å². The van der Waals surface area contributed by atoms with Gasteiger partial charge in [0.1, 0.15) is 0 Å². The van der Waals surface area contributed by atoms with Crippen LogP contribution >= 0.6 is 23.2 Å². The van der Waals surface area contributed by atoms with Gasteiger partial charge in [0.15, 0.2) is 0 Å². The van der Waals surface area contributed by atoms with Gasteiger partial charge in [0, 0.05) is 18.0 Å². The zero-order chi connectivity index (χ0) is 12.6. The van der Waals surface area contributed by atoms with E-state index < -0.39 is 11.8 Å². The van der Waals surface area contributed by atoms with Crippen LogP contribution in [-0.4, -0.2) is 18.4 Å². The molecule has 0 radical (unpaired) electrons. The second-order valence-corrected chi connectivity index (χ2v) is 4.75. The lowest BCUT2D eigenvalue weighted by Gasteiger charge is -2.17. The lowest BCUT2D eigenvalue weighted by Crippen LogP contribution is -2.28. The van der Waals surface area contributed by atoms with Crippen LogP contribution < -0.4 is 10.6 Å². The maximum Gasteiger partial charge on any atom is 0.227 e. The molecule has 0 bridgehead atoms. The number of carbonyl (C=O) groups excluding carboxylic acids is 2. The third kappa shape index (κ3) is 2.37. The van der Waals surface area contributed by atoms with Crippen molar-refractivity contribution in [1.82, 2.24) is 0 Å². The molecule has 4 nitrogen and oxygen atoms in total. The van der Waals surface area contributed by atoms with Gasteiger partial charge in [-0.15, -0.1) is 0 Å². The first-order chi connectivity index (χ1) is 7.99. The summed E-state index contributed by atoms with van der Waals surface area (Å²) in [5, 5.41) is 0.910. The molecule has 0 saturated carbocycles. The molecule has 0 aromatic heterocycles. The van der Waals surface area contributed by atoms with Gasteiger partial charge in [0.2, 0.25) is 11.8 Å². The Hall–Kier alpha value is -1.26. The van der Waals surface area contributed by atoms with Gasteiger partial charge in [-0.2, -0.15) is 0 Å². The molecule has 2 rings (SSSR count). The van der Waals surface area contributed by atoms with Gasteiger partial charge in [-0.3, -0.25) is 9.59 Å². The first-order valence-electron chi connectivity index (χ1n) is 5.04. The van der Waals surface area contributed by atoms with Gasteiger partial charge in [0.25, 0.3) is 0 Å². The van der Waals surface area contributed by atoms with E-state index in [0.717, 1.165) is 0 Å². The molecule has 90 valence electrons. The molecule has 1 aliphatic rings. The molecule has 1 aliphatic heterocycles. The molecule has 2 N–H and O–H groups in total. The summed E-state index contributed by atoms with van der Waals surface area (Å²) in [6.45, 7) is 0.258. The molecular weight excluding hydrogens is 263 g/mol. The zero-order valence-electron chi connectivity index (χ0n) is 8.82. The van der Waals surface area contributed by atoms with E-state index in [1.165, 1.54) is 4.90 Å².